The van der Waals surface area contributed by atoms with Crippen LogP contribution in [0.4, 0.5) is 5.69 Å². The van der Waals surface area contributed by atoms with Gasteiger partial charge in [0.15, 0.2) is 0 Å². The SMILES string of the molecule is Cc1ccc([C@H]2[C@@H]3C(=O)N(c4ccccc4Br)C(=O)[C@@H]3N3CCCN23)cc1. The van der Waals surface area contributed by atoms with Crippen LogP contribution in [-0.4, -0.2) is 41.0 Å². The molecule has 3 aliphatic heterocycles. The number of amides is 2. The number of halogens is 1. The molecule has 0 N–H and O–H groups in total. The van der Waals surface area contributed by atoms with Crippen molar-refractivity contribution in [2.45, 2.75) is 25.4 Å². The predicted octanol–water partition coefficient (Wildman–Crippen LogP) is 3.29. The van der Waals surface area contributed by atoms with Gasteiger partial charge in [-0.05, 0) is 47.0 Å². The lowest BCUT2D eigenvalue weighted by atomic mass is 9.89. The Bertz CT molecular complexity index is 929. The molecule has 0 unspecified atom stereocenters. The minimum Gasteiger partial charge on any atom is -0.274 e. The summed E-state index contributed by atoms with van der Waals surface area (Å²) in [7, 11) is 0. The largest absolute Gasteiger partial charge is 0.274 e. The third-order valence-electron chi connectivity index (χ3n) is 5.92. The lowest BCUT2D eigenvalue weighted by Crippen LogP contribution is -2.44. The third kappa shape index (κ3) is 2.43. The van der Waals surface area contributed by atoms with Crippen molar-refractivity contribution in [2.75, 3.05) is 18.0 Å². The van der Waals surface area contributed by atoms with Gasteiger partial charge in [-0.25, -0.2) is 14.9 Å². The lowest BCUT2D eigenvalue weighted by molar-refractivity contribution is -0.126. The van der Waals surface area contributed by atoms with E-state index in [2.05, 4.69) is 57.1 Å². The number of carbonyl (C=O) groups excluding carboxylic acids is 2. The Morgan fingerprint density at radius 1 is 0.889 bits per heavy atom. The summed E-state index contributed by atoms with van der Waals surface area (Å²) in [5.41, 5.74) is 2.93. The van der Waals surface area contributed by atoms with Gasteiger partial charge in [0.25, 0.3) is 5.91 Å². The second-order valence-electron chi connectivity index (χ2n) is 7.47. The van der Waals surface area contributed by atoms with E-state index >= 15 is 0 Å². The molecule has 3 aliphatic rings. The summed E-state index contributed by atoms with van der Waals surface area (Å²) in [5.74, 6) is -0.581. The van der Waals surface area contributed by atoms with Gasteiger partial charge in [0.2, 0.25) is 5.91 Å². The number of hydrogen-bond acceptors (Lipinski definition) is 4. The van der Waals surface area contributed by atoms with Gasteiger partial charge in [-0.15, -0.1) is 0 Å². The zero-order chi connectivity index (χ0) is 18.7. The molecule has 2 amide bonds. The van der Waals surface area contributed by atoms with Crippen molar-refractivity contribution in [3.63, 3.8) is 0 Å². The second kappa shape index (κ2) is 6.26. The van der Waals surface area contributed by atoms with E-state index in [-0.39, 0.29) is 23.8 Å². The summed E-state index contributed by atoms with van der Waals surface area (Å²) in [4.78, 5) is 28.2. The number of benzene rings is 2. The predicted molar refractivity (Wildman–Crippen MR) is 106 cm³/mol. The Labute approximate surface area is 166 Å². The first-order valence-corrected chi connectivity index (χ1v) is 10.1. The minimum atomic E-state index is -0.404. The van der Waals surface area contributed by atoms with Crippen LogP contribution < -0.4 is 4.90 Å². The molecule has 3 fully saturated rings. The fourth-order valence-electron chi connectivity index (χ4n) is 4.75. The summed E-state index contributed by atoms with van der Waals surface area (Å²) in [6, 6.07) is 15.3. The van der Waals surface area contributed by atoms with Gasteiger partial charge >= 0.3 is 0 Å². The van der Waals surface area contributed by atoms with Crippen molar-refractivity contribution >= 4 is 33.4 Å². The monoisotopic (exact) mass is 425 g/mol. The van der Waals surface area contributed by atoms with Gasteiger partial charge in [0.1, 0.15) is 6.04 Å². The highest BCUT2D eigenvalue weighted by molar-refractivity contribution is 9.10. The van der Waals surface area contributed by atoms with Crippen LogP contribution in [0.15, 0.2) is 53.0 Å². The Balaban J connectivity index is 1.60. The van der Waals surface area contributed by atoms with Gasteiger partial charge in [0, 0.05) is 17.6 Å². The number of imide groups is 1. The van der Waals surface area contributed by atoms with Crippen LogP contribution in [-0.2, 0) is 9.59 Å². The van der Waals surface area contributed by atoms with Gasteiger partial charge in [-0.2, -0.15) is 0 Å². The van der Waals surface area contributed by atoms with Crippen molar-refractivity contribution < 1.29 is 9.59 Å². The van der Waals surface area contributed by atoms with Gasteiger partial charge in [-0.3, -0.25) is 9.59 Å². The summed E-state index contributed by atoms with van der Waals surface area (Å²) in [6.45, 7) is 3.77. The summed E-state index contributed by atoms with van der Waals surface area (Å²) < 4.78 is 0.761. The molecule has 27 heavy (non-hydrogen) atoms. The van der Waals surface area contributed by atoms with Crippen LogP contribution in [0.2, 0.25) is 0 Å². The van der Waals surface area contributed by atoms with Crippen molar-refractivity contribution in [3.8, 4) is 0 Å². The number of aryl methyl sites for hydroxylation is 1. The maximum Gasteiger partial charge on any atom is 0.253 e. The standard InChI is InChI=1S/C21H20BrN3O2/c1-13-7-9-14(10-8-13)18-17-19(24-12-4-11-23(18)24)21(27)25(20(17)26)16-6-3-2-5-15(16)22/h2-3,5-10,17-19H,4,11-12H2,1H3/t17-,18-,19+/m0/s1. The summed E-state index contributed by atoms with van der Waals surface area (Å²) in [6.07, 6.45) is 1.02. The molecule has 0 aliphatic carbocycles. The van der Waals surface area contributed by atoms with Crippen LogP contribution in [0, 0.1) is 12.8 Å². The number of rotatable bonds is 2. The number of fused-ring (bicyclic) bond motifs is 3. The van der Waals surface area contributed by atoms with Crippen LogP contribution >= 0.6 is 15.9 Å². The van der Waals surface area contributed by atoms with Gasteiger partial charge in [-0.1, -0.05) is 42.0 Å². The highest BCUT2D eigenvalue weighted by atomic mass is 79.9. The molecule has 2 aromatic rings. The molecule has 0 saturated carbocycles. The van der Waals surface area contributed by atoms with E-state index < -0.39 is 6.04 Å². The average Bonchev–Trinajstić information content (AvgIpc) is 3.30. The molecule has 0 bridgehead atoms. The van der Waals surface area contributed by atoms with Gasteiger partial charge < -0.3 is 0 Å². The number of nitrogens with zero attached hydrogens (tertiary/aromatic N) is 3. The summed E-state index contributed by atoms with van der Waals surface area (Å²) >= 11 is 3.50. The molecular formula is C21H20BrN3O2. The zero-order valence-electron chi connectivity index (χ0n) is 15.0. The van der Waals surface area contributed by atoms with Crippen LogP contribution in [0.5, 0.6) is 0 Å². The molecule has 5 rings (SSSR count). The molecule has 3 atom stereocenters. The van der Waals surface area contributed by atoms with Crippen molar-refractivity contribution in [1.29, 1.82) is 0 Å². The quantitative estimate of drug-likeness (QED) is 0.692. The molecule has 6 heteroatoms. The fourth-order valence-corrected chi connectivity index (χ4v) is 5.21. The molecule has 0 spiro atoms. The molecule has 138 valence electrons. The van der Waals surface area contributed by atoms with E-state index in [9.17, 15) is 9.59 Å². The smallest absolute Gasteiger partial charge is 0.253 e. The summed E-state index contributed by atoms with van der Waals surface area (Å²) in [5, 5.41) is 4.37. The first kappa shape index (κ1) is 17.1. The van der Waals surface area contributed by atoms with E-state index in [1.165, 1.54) is 10.5 Å². The number of carbonyl (C=O) groups is 2. The van der Waals surface area contributed by atoms with Crippen LogP contribution in [0.25, 0.3) is 0 Å². The van der Waals surface area contributed by atoms with Crippen molar-refractivity contribution in [1.82, 2.24) is 10.0 Å². The molecule has 5 nitrogen and oxygen atoms in total. The maximum absolute atomic E-state index is 13.5. The first-order valence-electron chi connectivity index (χ1n) is 9.30. The minimum absolute atomic E-state index is 0.0814. The van der Waals surface area contributed by atoms with E-state index in [0.717, 1.165) is 29.5 Å². The molecule has 3 saturated heterocycles. The average molecular weight is 426 g/mol. The Morgan fingerprint density at radius 3 is 2.26 bits per heavy atom. The van der Waals surface area contributed by atoms with Gasteiger partial charge in [0.05, 0.1) is 17.6 Å². The van der Waals surface area contributed by atoms with E-state index in [1.807, 2.05) is 24.3 Å². The normalized spacial score (nSPS) is 28.1. The lowest BCUT2D eigenvalue weighted by Gasteiger charge is -2.30. The van der Waals surface area contributed by atoms with E-state index in [0.29, 0.717) is 5.69 Å². The highest BCUT2D eigenvalue weighted by Gasteiger charge is 2.62. The molecular weight excluding hydrogens is 406 g/mol. The molecule has 0 aromatic heterocycles. The molecule has 3 heterocycles. The number of hydrazine groups is 1. The number of hydrogen-bond donors (Lipinski definition) is 0. The van der Waals surface area contributed by atoms with Crippen LogP contribution in [0.1, 0.15) is 23.6 Å². The van der Waals surface area contributed by atoms with Crippen molar-refractivity contribution in [3.05, 3.63) is 64.1 Å². The van der Waals surface area contributed by atoms with Crippen LogP contribution in [0.3, 0.4) is 0 Å². The number of para-hydroxylation sites is 1. The Kier molecular flexibility index (Phi) is 3.96. The van der Waals surface area contributed by atoms with E-state index in [4.69, 9.17) is 0 Å². The Morgan fingerprint density at radius 2 is 1.56 bits per heavy atom. The highest BCUT2D eigenvalue weighted by Crippen LogP contribution is 2.49. The second-order valence-corrected chi connectivity index (χ2v) is 8.32. The first-order chi connectivity index (χ1) is 13.1. The number of anilines is 1. The fraction of sp³-hybridized carbons (Fsp3) is 0.333. The van der Waals surface area contributed by atoms with E-state index in [1.54, 1.807) is 0 Å². The topological polar surface area (TPSA) is 43.9 Å². The zero-order valence-corrected chi connectivity index (χ0v) is 16.6. The van der Waals surface area contributed by atoms with Crippen molar-refractivity contribution in [2.24, 2.45) is 5.92 Å². The maximum atomic E-state index is 13.5. The Hall–Kier alpha value is -2.02. The molecule has 2 aromatic carbocycles. The molecule has 0 radical (unpaired) electrons. The third-order valence-corrected chi connectivity index (χ3v) is 6.59.